The highest BCUT2D eigenvalue weighted by Gasteiger charge is 2.12. The van der Waals surface area contributed by atoms with E-state index in [-0.39, 0.29) is 18.4 Å². The second-order valence-electron chi connectivity index (χ2n) is 5.92. The second-order valence-corrected chi connectivity index (χ2v) is 5.92. The van der Waals surface area contributed by atoms with Crippen molar-refractivity contribution in [1.82, 2.24) is 5.32 Å². The number of rotatable bonds is 8. The zero-order valence-corrected chi connectivity index (χ0v) is 14.1. The molecule has 0 aliphatic heterocycles. The predicted molar refractivity (Wildman–Crippen MR) is 93.2 cm³/mol. The Hall–Kier alpha value is -2.08. The number of aliphatic hydroxyl groups is 2. The average molecular weight is 331 g/mol. The summed E-state index contributed by atoms with van der Waals surface area (Å²) in [7, 11) is 1.64. The molecule has 130 valence electrons. The maximum atomic E-state index is 10.3. The second kappa shape index (κ2) is 8.68. The van der Waals surface area contributed by atoms with Gasteiger partial charge in [-0.3, -0.25) is 0 Å². The summed E-state index contributed by atoms with van der Waals surface area (Å²) in [5, 5.41) is 32.3. The van der Waals surface area contributed by atoms with Crippen molar-refractivity contribution >= 4 is 0 Å². The molecule has 0 saturated heterocycles. The fraction of sp³-hybridized carbons (Fsp3) is 0.368. The molecule has 2 aromatic carbocycles. The molecule has 4 N–H and O–H groups in total. The lowest BCUT2D eigenvalue weighted by Gasteiger charge is -2.18. The third kappa shape index (κ3) is 4.96. The van der Waals surface area contributed by atoms with Gasteiger partial charge < -0.3 is 25.4 Å². The van der Waals surface area contributed by atoms with E-state index in [0.29, 0.717) is 17.7 Å². The maximum Gasteiger partial charge on any atom is 0.121 e. The molecule has 0 fully saturated rings. The zero-order valence-electron chi connectivity index (χ0n) is 14.1. The first-order valence-corrected chi connectivity index (χ1v) is 8.00. The molecule has 0 heterocycles. The molecule has 5 nitrogen and oxygen atoms in total. The summed E-state index contributed by atoms with van der Waals surface area (Å²) in [5.41, 5.74) is 2.27. The van der Waals surface area contributed by atoms with Crippen LogP contribution in [0.3, 0.4) is 0 Å². The Morgan fingerprint density at radius 1 is 1.12 bits per heavy atom. The van der Waals surface area contributed by atoms with Gasteiger partial charge in [-0.25, -0.2) is 0 Å². The van der Waals surface area contributed by atoms with Crippen molar-refractivity contribution in [3.05, 3.63) is 59.2 Å². The minimum Gasteiger partial charge on any atom is -0.508 e. The first-order chi connectivity index (χ1) is 11.5. The van der Waals surface area contributed by atoms with Crippen molar-refractivity contribution in [3.8, 4) is 11.5 Å². The van der Waals surface area contributed by atoms with E-state index in [2.05, 4.69) is 12.2 Å². The van der Waals surface area contributed by atoms with Gasteiger partial charge >= 0.3 is 0 Å². The van der Waals surface area contributed by atoms with Crippen molar-refractivity contribution < 1.29 is 20.1 Å². The Morgan fingerprint density at radius 3 is 2.46 bits per heavy atom. The molecule has 0 spiro atoms. The molecule has 0 saturated carbocycles. The third-order valence-electron chi connectivity index (χ3n) is 4.02. The molecule has 2 unspecified atom stereocenters. The largest absolute Gasteiger partial charge is 0.508 e. The number of methoxy groups -OCH3 is 1. The van der Waals surface area contributed by atoms with E-state index in [0.717, 1.165) is 12.2 Å². The molecule has 0 amide bonds. The summed E-state index contributed by atoms with van der Waals surface area (Å²) >= 11 is 0. The van der Waals surface area contributed by atoms with Crippen LogP contribution in [0.4, 0.5) is 0 Å². The van der Waals surface area contributed by atoms with Crippen molar-refractivity contribution in [1.29, 1.82) is 0 Å². The Morgan fingerprint density at radius 2 is 1.83 bits per heavy atom. The summed E-state index contributed by atoms with van der Waals surface area (Å²) in [6.07, 6.45) is 0.142. The lowest BCUT2D eigenvalue weighted by atomic mass is 10.0. The van der Waals surface area contributed by atoms with Crippen LogP contribution >= 0.6 is 0 Å². The molecule has 0 aliphatic rings. The number of ether oxygens (including phenoxy) is 1. The van der Waals surface area contributed by atoms with Crippen LogP contribution in [0.2, 0.25) is 0 Å². The average Bonchev–Trinajstić information content (AvgIpc) is 2.60. The monoisotopic (exact) mass is 331 g/mol. The van der Waals surface area contributed by atoms with Gasteiger partial charge in [0.1, 0.15) is 11.5 Å². The van der Waals surface area contributed by atoms with Gasteiger partial charge in [0.05, 0.1) is 19.8 Å². The highest BCUT2D eigenvalue weighted by Crippen LogP contribution is 2.22. The first kappa shape index (κ1) is 18.3. The normalized spacial score (nSPS) is 13.5. The van der Waals surface area contributed by atoms with Crippen LogP contribution in [0.5, 0.6) is 11.5 Å². The summed E-state index contributed by atoms with van der Waals surface area (Å²) in [6.45, 7) is 2.20. The van der Waals surface area contributed by atoms with Gasteiger partial charge in [-0.1, -0.05) is 18.2 Å². The topological polar surface area (TPSA) is 82.0 Å². The maximum absolute atomic E-state index is 10.3. The van der Waals surface area contributed by atoms with Gasteiger partial charge in [0.25, 0.3) is 0 Å². The number of hydrogen-bond donors (Lipinski definition) is 4. The van der Waals surface area contributed by atoms with Gasteiger partial charge in [0.15, 0.2) is 0 Å². The first-order valence-electron chi connectivity index (χ1n) is 8.00. The van der Waals surface area contributed by atoms with Crippen molar-refractivity contribution in [2.24, 2.45) is 0 Å². The number of phenols is 1. The SMILES string of the molecule is COc1ccc(CC(C)NCC(O)c2ccc(O)c(CO)c2)cc1. The molecule has 5 heteroatoms. The highest BCUT2D eigenvalue weighted by molar-refractivity contribution is 5.36. The lowest BCUT2D eigenvalue weighted by Crippen LogP contribution is -2.32. The quantitative estimate of drug-likeness (QED) is 0.596. The smallest absolute Gasteiger partial charge is 0.121 e. The van der Waals surface area contributed by atoms with Crippen molar-refractivity contribution in [2.75, 3.05) is 13.7 Å². The lowest BCUT2D eigenvalue weighted by molar-refractivity contribution is 0.170. The Kier molecular flexibility index (Phi) is 6.61. The van der Waals surface area contributed by atoms with Gasteiger partial charge in [-0.05, 0) is 48.7 Å². The minimum atomic E-state index is -0.700. The van der Waals surface area contributed by atoms with Gasteiger partial charge in [0, 0.05) is 18.2 Å². The molecule has 2 rings (SSSR count). The molecule has 0 bridgehead atoms. The van der Waals surface area contributed by atoms with Crippen LogP contribution < -0.4 is 10.1 Å². The van der Waals surface area contributed by atoms with E-state index in [1.165, 1.54) is 11.6 Å². The summed E-state index contributed by atoms with van der Waals surface area (Å²) in [5.74, 6) is 0.871. The Bertz CT molecular complexity index is 642. The van der Waals surface area contributed by atoms with Crippen LogP contribution in [0.1, 0.15) is 29.7 Å². The van der Waals surface area contributed by atoms with E-state index in [1.807, 2.05) is 24.3 Å². The van der Waals surface area contributed by atoms with Gasteiger partial charge in [-0.15, -0.1) is 0 Å². The molecule has 2 aromatic rings. The van der Waals surface area contributed by atoms with Crippen LogP contribution in [0.15, 0.2) is 42.5 Å². The molecule has 2 atom stereocenters. The Labute approximate surface area is 142 Å². The summed E-state index contributed by atoms with van der Waals surface area (Å²) in [4.78, 5) is 0. The van der Waals surface area contributed by atoms with Crippen LogP contribution in [-0.2, 0) is 13.0 Å². The van der Waals surface area contributed by atoms with E-state index in [4.69, 9.17) is 4.74 Å². The standard InChI is InChI=1S/C19H25NO4/c1-13(9-14-3-6-17(24-2)7-4-14)20-11-19(23)15-5-8-18(22)16(10-15)12-21/h3-8,10,13,19-23H,9,11-12H2,1-2H3. The van der Waals surface area contributed by atoms with Gasteiger partial charge in [-0.2, -0.15) is 0 Å². The fourth-order valence-electron chi connectivity index (χ4n) is 2.56. The number of aliphatic hydroxyl groups excluding tert-OH is 2. The van der Waals surface area contributed by atoms with E-state index in [1.54, 1.807) is 19.2 Å². The molecule has 24 heavy (non-hydrogen) atoms. The van der Waals surface area contributed by atoms with Crippen molar-refractivity contribution in [2.45, 2.75) is 32.1 Å². The zero-order chi connectivity index (χ0) is 17.5. The van der Waals surface area contributed by atoms with E-state index >= 15 is 0 Å². The highest BCUT2D eigenvalue weighted by atomic mass is 16.5. The van der Waals surface area contributed by atoms with Crippen LogP contribution in [0, 0.1) is 0 Å². The van der Waals surface area contributed by atoms with Crippen LogP contribution in [-0.4, -0.2) is 35.0 Å². The van der Waals surface area contributed by atoms with Gasteiger partial charge in [0.2, 0.25) is 0 Å². The predicted octanol–water partition coefficient (Wildman–Crippen LogP) is 2.15. The number of aromatic hydroxyl groups is 1. The third-order valence-corrected chi connectivity index (χ3v) is 4.02. The van der Waals surface area contributed by atoms with Crippen LogP contribution in [0.25, 0.3) is 0 Å². The number of nitrogens with one attached hydrogen (secondary N) is 1. The summed E-state index contributed by atoms with van der Waals surface area (Å²) in [6, 6.07) is 12.9. The van der Waals surface area contributed by atoms with Crippen molar-refractivity contribution in [3.63, 3.8) is 0 Å². The minimum absolute atomic E-state index is 0.0364. The molecule has 0 aliphatic carbocycles. The molecular formula is C19H25NO4. The number of benzene rings is 2. The molecular weight excluding hydrogens is 306 g/mol. The molecule has 0 aromatic heterocycles. The fourth-order valence-corrected chi connectivity index (χ4v) is 2.56. The Balaban J connectivity index is 1.87. The summed E-state index contributed by atoms with van der Waals surface area (Å²) < 4.78 is 5.15. The number of hydrogen-bond acceptors (Lipinski definition) is 5. The van der Waals surface area contributed by atoms with E-state index < -0.39 is 6.10 Å². The molecule has 0 radical (unpaired) electrons. The van der Waals surface area contributed by atoms with E-state index in [9.17, 15) is 15.3 Å².